The molecule has 118 valence electrons. The molecule has 2 N–H and O–H groups in total. The Hall–Kier alpha value is -2.15. The summed E-state index contributed by atoms with van der Waals surface area (Å²) in [6, 6.07) is 0. The number of thiophene rings is 1. The summed E-state index contributed by atoms with van der Waals surface area (Å²) in [4.78, 5) is 35.3. The number of carbonyl (C=O) groups excluding carboxylic acids is 2. The van der Waals surface area contributed by atoms with Crippen LogP contribution in [-0.2, 0) is 27.2 Å². The molecule has 2 rings (SSSR count). The van der Waals surface area contributed by atoms with E-state index in [-0.39, 0.29) is 0 Å². The maximum Gasteiger partial charge on any atom is 0.341 e. The van der Waals surface area contributed by atoms with Gasteiger partial charge < -0.3 is 15.2 Å². The summed E-state index contributed by atoms with van der Waals surface area (Å²) in [7, 11) is 1.30. The first-order chi connectivity index (χ1) is 10.4. The van der Waals surface area contributed by atoms with E-state index in [1.165, 1.54) is 18.4 Å². The maximum absolute atomic E-state index is 12.0. The highest BCUT2D eigenvalue weighted by Crippen LogP contribution is 2.39. The molecule has 22 heavy (non-hydrogen) atoms. The van der Waals surface area contributed by atoms with E-state index >= 15 is 0 Å². The van der Waals surface area contributed by atoms with Gasteiger partial charge in [0.05, 0.1) is 12.7 Å². The van der Waals surface area contributed by atoms with Gasteiger partial charge in [-0.2, -0.15) is 0 Å². The molecule has 0 aromatic carbocycles. The molecule has 0 fully saturated rings. The molecule has 1 amide bonds. The van der Waals surface area contributed by atoms with Crippen molar-refractivity contribution in [2.45, 2.75) is 26.2 Å². The highest BCUT2D eigenvalue weighted by atomic mass is 32.1. The zero-order chi connectivity index (χ0) is 16.3. The van der Waals surface area contributed by atoms with E-state index < -0.39 is 17.8 Å². The van der Waals surface area contributed by atoms with Crippen molar-refractivity contribution in [2.24, 2.45) is 5.92 Å². The standard InChI is InChI=1S/C15H17NO5S/c1-8-3-4-9-10(7-8)22-14(13(9)15(20)21-2)16-11(17)5-6-12(18)19/h5-6,8H,3-4,7H2,1-2H3,(H,16,17)(H,18,19)/b6-5-. The number of fused-ring (bicyclic) bond motifs is 1. The van der Waals surface area contributed by atoms with E-state index in [0.717, 1.165) is 41.9 Å². The van der Waals surface area contributed by atoms with Gasteiger partial charge in [0.1, 0.15) is 5.00 Å². The van der Waals surface area contributed by atoms with Crippen molar-refractivity contribution >= 4 is 34.2 Å². The molecule has 6 nitrogen and oxygen atoms in total. The number of aliphatic carboxylic acids is 1. The normalized spacial score (nSPS) is 17.1. The van der Waals surface area contributed by atoms with Crippen LogP contribution in [0.4, 0.5) is 5.00 Å². The van der Waals surface area contributed by atoms with Crippen LogP contribution in [0, 0.1) is 5.92 Å². The zero-order valence-electron chi connectivity index (χ0n) is 12.3. The van der Waals surface area contributed by atoms with Crippen molar-refractivity contribution < 1.29 is 24.2 Å². The number of carbonyl (C=O) groups is 3. The van der Waals surface area contributed by atoms with Crippen molar-refractivity contribution in [3.05, 3.63) is 28.2 Å². The van der Waals surface area contributed by atoms with Crippen LogP contribution < -0.4 is 5.32 Å². The average molecular weight is 323 g/mol. The third kappa shape index (κ3) is 3.54. The molecule has 0 spiro atoms. The van der Waals surface area contributed by atoms with E-state index in [1.807, 2.05) is 0 Å². The number of esters is 1. The maximum atomic E-state index is 12.0. The van der Waals surface area contributed by atoms with Crippen LogP contribution >= 0.6 is 11.3 Å². The van der Waals surface area contributed by atoms with Crippen LogP contribution in [0.25, 0.3) is 0 Å². The Morgan fingerprint density at radius 1 is 1.36 bits per heavy atom. The van der Waals surface area contributed by atoms with E-state index in [2.05, 4.69) is 12.2 Å². The molecule has 0 saturated carbocycles. The van der Waals surface area contributed by atoms with Gasteiger partial charge in [-0.3, -0.25) is 4.79 Å². The monoisotopic (exact) mass is 323 g/mol. The number of hydrogen-bond acceptors (Lipinski definition) is 5. The first-order valence-corrected chi connectivity index (χ1v) is 7.68. The summed E-state index contributed by atoms with van der Waals surface area (Å²) in [6.45, 7) is 2.15. The lowest BCUT2D eigenvalue weighted by molar-refractivity contribution is -0.131. The van der Waals surface area contributed by atoms with Crippen molar-refractivity contribution in [3.63, 3.8) is 0 Å². The van der Waals surface area contributed by atoms with Crippen LogP contribution in [0.3, 0.4) is 0 Å². The minimum absolute atomic E-state index is 0.395. The lowest BCUT2D eigenvalue weighted by atomic mass is 9.88. The second-order valence-electron chi connectivity index (χ2n) is 5.21. The quantitative estimate of drug-likeness (QED) is 0.655. The van der Waals surface area contributed by atoms with Crippen molar-refractivity contribution in [3.8, 4) is 0 Å². The Morgan fingerprint density at radius 3 is 2.73 bits per heavy atom. The average Bonchev–Trinajstić information content (AvgIpc) is 2.81. The summed E-state index contributed by atoms with van der Waals surface area (Å²) in [5, 5.41) is 11.5. The first-order valence-electron chi connectivity index (χ1n) is 6.87. The highest BCUT2D eigenvalue weighted by Gasteiger charge is 2.28. The smallest absolute Gasteiger partial charge is 0.341 e. The second kappa shape index (κ2) is 6.74. The Morgan fingerprint density at radius 2 is 2.09 bits per heavy atom. The van der Waals surface area contributed by atoms with Crippen LogP contribution in [0.1, 0.15) is 34.1 Å². The van der Waals surface area contributed by atoms with Gasteiger partial charge in [-0.15, -0.1) is 11.3 Å². The fourth-order valence-corrected chi connectivity index (χ4v) is 3.86. The molecule has 0 radical (unpaired) electrons. The van der Waals surface area contributed by atoms with Crippen LogP contribution in [0.5, 0.6) is 0 Å². The first kappa shape index (κ1) is 16.2. The molecular weight excluding hydrogens is 306 g/mol. The molecule has 1 aromatic rings. The summed E-state index contributed by atoms with van der Waals surface area (Å²) in [5.41, 5.74) is 1.33. The third-order valence-electron chi connectivity index (χ3n) is 3.52. The lowest BCUT2D eigenvalue weighted by Gasteiger charge is -2.18. The van der Waals surface area contributed by atoms with Gasteiger partial charge in [0, 0.05) is 17.0 Å². The molecular formula is C15H17NO5S. The molecule has 0 saturated heterocycles. The number of hydrogen-bond donors (Lipinski definition) is 2. The molecule has 1 aliphatic rings. The Bertz CT molecular complexity index is 647. The van der Waals surface area contributed by atoms with Gasteiger partial charge in [0.15, 0.2) is 0 Å². The van der Waals surface area contributed by atoms with E-state index in [9.17, 15) is 14.4 Å². The Labute approximate surface area is 131 Å². The molecule has 1 atom stereocenters. The number of methoxy groups -OCH3 is 1. The Kier molecular flexibility index (Phi) is 4.97. The van der Waals surface area contributed by atoms with E-state index in [1.54, 1.807) is 0 Å². The van der Waals surface area contributed by atoms with Crippen LogP contribution in [0.2, 0.25) is 0 Å². The molecule has 0 aliphatic heterocycles. The predicted octanol–water partition coefficient (Wildman–Crippen LogP) is 2.24. The number of amides is 1. The predicted molar refractivity (Wildman–Crippen MR) is 82.3 cm³/mol. The number of nitrogens with one attached hydrogen (secondary N) is 1. The number of carboxylic acids is 1. The molecule has 1 unspecified atom stereocenters. The molecule has 1 aromatic heterocycles. The summed E-state index contributed by atoms with van der Waals surface area (Å²) in [5.74, 6) is -1.74. The highest BCUT2D eigenvalue weighted by molar-refractivity contribution is 7.17. The fourth-order valence-electron chi connectivity index (χ4n) is 2.46. The van der Waals surface area contributed by atoms with Crippen molar-refractivity contribution in [2.75, 3.05) is 12.4 Å². The summed E-state index contributed by atoms with van der Waals surface area (Å²) < 4.78 is 4.81. The topological polar surface area (TPSA) is 92.7 Å². The minimum atomic E-state index is -1.21. The SMILES string of the molecule is COC(=O)c1c(NC(=O)/C=C\C(=O)O)sc2c1CCC(C)C2. The number of ether oxygens (including phenoxy) is 1. The van der Waals surface area contributed by atoms with Gasteiger partial charge in [0.2, 0.25) is 5.91 Å². The largest absolute Gasteiger partial charge is 0.478 e. The number of rotatable bonds is 4. The molecule has 7 heteroatoms. The van der Waals surface area contributed by atoms with Crippen molar-refractivity contribution in [1.82, 2.24) is 0 Å². The minimum Gasteiger partial charge on any atom is -0.478 e. The van der Waals surface area contributed by atoms with Crippen LogP contribution in [0.15, 0.2) is 12.2 Å². The van der Waals surface area contributed by atoms with Crippen molar-refractivity contribution in [1.29, 1.82) is 0 Å². The summed E-state index contributed by atoms with van der Waals surface area (Å²) in [6.07, 6.45) is 4.30. The van der Waals surface area contributed by atoms with E-state index in [4.69, 9.17) is 9.84 Å². The number of anilines is 1. The van der Waals surface area contributed by atoms with Gasteiger partial charge in [0.25, 0.3) is 0 Å². The van der Waals surface area contributed by atoms with Crippen LogP contribution in [-0.4, -0.2) is 30.1 Å². The second-order valence-corrected chi connectivity index (χ2v) is 6.31. The molecule has 1 aliphatic carbocycles. The zero-order valence-corrected chi connectivity index (χ0v) is 13.2. The van der Waals surface area contributed by atoms with E-state index in [0.29, 0.717) is 16.5 Å². The van der Waals surface area contributed by atoms with Gasteiger partial charge >= 0.3 is 11.9 Å². The number of carboxylic acid groups (broad SMARTS) is 1. The lowest BCUT2D eigenvalue weighted by Crippen LogP contribution is -2.15. The molecule has 0 bridgehead atoms. The summed E-state index contributed by atoms with van der Waals surface area (Å²) >= 11 is 1.36. The third-order valence-corrected chi connectivity index (χ3v) is 4.68. The molecule has 1 heterocycles. The van der Waals surface area contributed by atoms with Gasteiger partial charge in [-0.1, -0.05) is 6.92 Å². The van der Waals surface area contributed by atoms with Gasteiger partial charge in [-0.05, 0) is 30.7 Å². The Balaban J connectivity index is 2.32. The van der Waals surface area contributed by atoms with Gasteiger partial charge in [-0.25, -0.2) is 9.59 Å². The fraction of sp³-hybridized carbons (Fsp3) is 0.400.